The number of hydrogen-bond donors (Lipinski definition) is 1. The van der Waals surface area contributed by atoms with Crippen LogP contribution in [0.4, 0.5) is 0 Å². The van der Waals surface area contributed by atoms with Crippen LogP contribution in [-0.2, 0) is 6.42 Å². The first-order valence-electron chi connectivity index (χ1n) is 8.15. The van der Waals surface area contributed by atoms with Crippen LogP contribution in [0.5, 0.6) is 0 Å². The molecule has 0 amide bonds. The highest BCUT2D eigenvalue weighted by Gasteiger charge is 2.15. The van der Waals surface area contributed by atoms with Gasteiger partial charge in [0.05, 0.1) is 6.42 Å². The Morgan fingerprint density at radius 2 is 1.82 bits per heavy atom. The van der Waals surface area contributed by atoms with Gasteiger partial charge in [-0.15, -0.1) is 0 Å². The summed E-state index contributed by atoms with van der Waals surface area (Å²) < 4.78 is 1.23. The van der Waals surface area contributed by atoms with E-state index in [1.165, 1.54) is 43.2 Å². The van der Waals surface area contributed by atoms with Crippen molar-refractivity contribution in [2.45, 2.75) is 58.3 Å². The Morgan fingerprint density at radius 1 is 1.14 bits per heavy atom. The SMILES string of the molecule is CCCCCCCCCc1[nH+]c2cc(Cl)ccc2c(=O)n1N. The van der Waals surface area contributed by atoms with E-state index in [4.69, 9.17) is 17.4 Å². The molecule has 0 unspecified atom stereocenters. The molecule has 0 bridgehead atoms. The van der Waals surface area contributed by atoms with Gasteiger partial charge < -0.3 is 0 Å². The number of halogens is 1. The number of fused-ring (bicyclic) bond motifs is 1. The van der Waals surface area contributed by atoms with E-state index in [2.05, 4.69) is 11.9 Å². The second kappa shape index (κ2) is 8.18. The van der Waals surface area contributed by atoms with E-state index in [9.17, 15) is 4.79 Å². The third kappa shape index (κ3) is 4.23. The van der Waals surface area contributed by atoms with Crippen molar-refractivity contribution in [2.75, 3.05) is 5.84 Å². The zero-order valence-electron chi connectivity index (χ0n) is 13.2. The van der Waals surface area contributed by atoms with Crippen LogP contribution in [0.2, 0.25) is 5.02 Å². The van der Waals surface area contributed by atoms with E-state index in [0.717, 1.165) is 24.2 Å². The highest BCUT2D eigenvalue weighted by molar-refractivity contribution is 6.31. The van der Waals surface area contributed by atoms with E-state index in [1.54, 1.807) is 18.2 Å². The van der Waals surface area contributed by atoms with Crippen LogP contribution in [0, 0.1) is 0 Å². The highest BCUT2D eigenvalue weighted by Crippen LogP contribution is 2.13. The quantitative estimate of drug-likeness (QED) is 0.597. The molecule has 22 heavy (non-hydrogen) atoms. The maximum absolute atomic E-state index is 12.2. The van der Waals surface area contributed by atoms with Crippen molar-refractivity contribution in [3.8, 4) is 0 Å². The zero-order chi connectivity index (χ0) is 15.9. The minimum atomic E-state index is -0.177. The zero-order valence-corrected chi connectivity index (χ0v) is 14.0. The Kier molecular flexibility index (Phi) is 6.25. The molecule has 0 spiro atoms. The van der Waals surface area contributed by atoms with E-state index >= 15 is 0 Å². The summed E-state index contributed by atoms with van der Waals surface area (Å²) in [5.41, 5.74) is 0.570. The van der Waals surface area contributed by atoms with Gasteiger partial charge in [-0.1, -0.05) is 61.7 Å². The van der Waals surface area contributed by atoms with Crippen molar-refractivity contribution >= 4 is 22.5 Å². The van der Waals surface area contributed by atoms with Crippen molar-refractivity contribution < 1.29 is 4.98 Å². The summed E-state index contributed by atoms with van der Waals surface area (Å²) in [6.07, 6.45) is 9.43. The van der Waals surface area contributed by atoms with E-state index in [0.29, 0.717) is 10.4 Å². The van der Waals surface area contributed by atoms with E-state index < -0.39 is 0 Å². The van der Waals surface area contributed by atoms with Crippen LogP contribution in [0.25, 0.3) is 10.9 Å². The summed E-state index contributed by atoms with van der Waals surface area (Å²) in [4.78, 5) is 15.5. The van der Waals surface area contributed by atoms with Crippen LogP contribution in [0.15, 0.2) is 23.0 Å². The molecule has 1 heterocycles. The lowest BCUT2D eigenvalue weighted by atomic mass is 10.1. The Hall–Kier alpha value is -1.55. The van der Waals surface area contributed by atoms with Gasteiger partial charge in [-0.25, -0.2) is 9.78 Å². The standard InChI is InChI=1S/C17H24ClN3O/c1-2-3-4-5-6-7-8-9-16-20-15-12-13(18)10-11-14(15)17(22)21(16)19/h10-12H,2-9,19H2,1H3/p+1. The third-order valence-electron chi connectivity index (χ3n) is 4.02. The van der Waals surface area contributed by atoms with Crippen molar-refractivity contribution in [3.63, 3.8) is 0 Å². The molecule has 2 aromatic rings. The van der Waals surface area contributed by atoms with Gasteiger partial charge >= 0.3 is 5.56 Å². The number of hydrogen-bond acceptors (Lipinski definition) is 2. The van der Waals surface area contributed by atoms with Gasteiger partial charge in [-0.05, 0) is 18.6 Å². The summed E-state index contributed by atoms with van der Waals surface area (Å²) >= 11 is 5.99. The first-order chi connectivity index (χ1) is 10.6. The Balaban J connectivity index is 1.99. The molecule has 0 fully saturated rings. The Morgan fingerprint density at radius 3 is 2.55 bits per heavy atom. The predicted molar refractivity (Wildman–Crippen MR) is 91.6 cm³/mol. The molecule has 2 rings (SSSR count). The lowest BCUT2D eigenvalue weighted by molar-refractivity contribution is -0.366. The van der Waals surface area contributed by atoms with Gasteiger partial charge in [0.25, 0.3) is 5.82 Å². The molecule has 0 radical (unpaired) electrons. The van der Waals surface area contributed by atoms with Crippen molar-refractivity contribution in [1.82, 2.24) is 4.68 Å². The maximum atomic E-state index is 12.2. The number of rotatable bonds is 8. The number of nitrogens with two attached hydrogens (primary N) is 1. The molecule has 120 valence electrons. The van der Waals surface area contributed by atoms with Crippen LogP contribution < -0.4 is 16.4 Å². The van der Waals surface area contributed by atoms with E-state index in [1.807, 2.05) is 0 Å². The highest BCUT2D eigenvalue weighted by atomic mass is 35.5. The van der Waals surface area contributed by atoms with Gasteiger partial charge in [0.2, 0.25) is 0 Å². The van der Waals surface area contributed by atoms with Gasteiger partial charge in [0.1, 0.15) is 10.9 Å². The first kappa shape index (κ1) is 16.8. The number of nitrogen functional groups attached to an aromatic ring is 1. The smallest absolute Gasteiger partial charge is 0.266 e. The number of aromatic amines is 1. The van der Waals surface area contributed by atoms with E-state index in [-0.39, 0.29) is 5.56 Å². The molecule has 4 nitrogen and oxygen atoms in total. The molecule has 3 N–H and O–H groups in total. The molecule has 0 saturated heterocycles. The Bertz CT molecular complexity index is 681. The number of aryl methyl sites for hydroxylation is 1. The minimum Gasteiger partial charge on any atom is -0.266 e. The topological polar surface area (TPSA) is 62.2 Å². The fourth-order valence-electron chi connectivity index (χ4n) is 2.71. The molecular formula is C17H25ClN3O+. The van der Waals surface area contributed by atoms with Crippen molar-refractivity contribution in [1.29, 1.82) is 0 Å². The minimum absolute atomic E-state index is 0.177. The summed E-state index contributed by atoms with van der Waals surface area (Å²) in [7, 11) is 0. The fourth-order valence-corrected chi connectivity index (χ4v) is 2.88. The second-order valence-electron chi connectivity index (χ2n) is 5.81. The van der Waals surface area contributed by atoms with Crippen LogP contribution in [-0.4, -0.2) is 4.68 Å². The lowest BCUT2D eigenvalue weighted by Gasteiger charge is -2.03. The first-order valence-corrected chi connectivity index (χ1v) is 8.53. The van der Waals surface area contributed by atoms with Gasteiger partial charge in [0.15, 0.2) is 0 Å². The molecular weight excluding hydrogens is 298 g/mol. The maximum Gasteiger partial charge on any atom is 0.368 e. The fraction of sp³-hybridized carbons (Fsp3) is 0.529. The molecule has 0 aliphatic heterocycles. The molecule has 0 atom stereocenters. The number of nitrogens with one attached hydrogen (secondary N) is 1. The number of H-pyrrole nitrogens is 1. The monoisotopic (exact) mass is 322 g/mol. The van der Waals surface area contributed by atoms with Crippen molar-refractivity contribution in [3.05, 3.63) is 39.4 Å². The molecule has 1 aromatic carbocycles. The second-order valence-corrected chi connectivity index (χ2v) is 6.24. The van der Waals surface area contributed by atoms with Gasteiger partial charge in [0, 0.05) is 11.1 Å². The van der Waals surface area contributed by atoms with Crippen LogP contribution in [0.1, 0.15) is 57.7 Å². The van der Waals surface area contributed by atoms with Crippen LogP contribution in [0.3, 0.4) is 0 Å². The number of benzene rings is 1. The average molecular weight is 323 g/mol. The summed E-state index contributed by atoms with van der Waals surface area (Å²) in [5.74, 6) is 6.66. The molecule has 0 aliphatic rings. The number of nitrogens with zero attached hydrogens (tertiary/aromatic N) is 1. The lowest BCUT2D eigenvalue weighted by Crippen LogP contribution is -2.37. The molecule has 0 aliphatic carbocycles. The normalized spacial score (nSPS) is 11.2. The molecule has 0 saturated carbocycles. The molecule has 1 aromatic heterocycles. The molecule has 5 heteroatoms. The predicted octanol–water partition coefficient (Wildman–Crippen LogP) is 3.48. The van der Waals surface area contributed by atoms with Crippen LogP contribution >= 0.6 is 11.6 Å². The average Bonchev–Trinajstić information content (AvgIpc) is 2.50. The van der Waals surface area contributed by atoms with Gasteiger partial charge in [-0.3, -0.25) is 5.84 Å². The largest absolute Gasteiger partial charge is 0.368 e. The third-order valence-corrected chi connectivity index (χ3v) is 4.25. The van der Waals surface area contributed by atoms with Gasteiger partial charge in [-0.2, -0.15) is 0 Å². The Labute approximate surface area is 136 Å². The van der Waals surface area contributed by atoms with Crippen molar-refractivity contribution in [2.24, 2.45) is 0 Å². The summed E-state index contributed by atoms with van der Waals surface area (Å²) in [6.45, 7) is 2.22. The summed E-state index contributed by atoms with van der Waals surface area (Å²) in [5, 5.41) is 1.18. The number of unbranched alkanes of at least 4 members (excludes halogenated alkanes) is 6. The number of aromatic nitrogens is 2. The summed E-state index contributed by atoms with van der Waals surface area (Å²) in [6, 6.07) is 5.18.